The molecule has 2 aromatic rings. The molecule has 5 nitrogen and oxygen atoms in total. The highest BCUT2D eigenvalue weighted by Gasteiger charge is 2.28. The Hall–Kier alpha value is -2.37. The van der Waals surface area contributed by atoms with Crippen molar-refractivity contribution < 1.29 is 14.6 Å². The van der Waals surface area contributed by atoms with Crippen molar-refractivity contribution in [2.45, 2.75) is 39.0 Å². The van der Waals surface area contributed by atoms with E-state index in [1.807, 2.05) is 66.4 Å². The highest BCUT2D eigenvalue weighted by atomic mass is 16.5. The van der Waals surface area contributed by atoms with Crippen molar-refractivity contribution >= 4 is 6.03 Å². The molecule has 0 saturated carbocycles. The van der Waals surface area contributed by atoms with Crippen LogP contribution in [-0.2, 0) is 17.9 Å². The lowest BCUT2D eigenvalue weighted by Gasteiger charge is -2.34. The number of benzene rings is 2. The predicted molar refractivity (Wildman–Crippen MR) is 110 cm³/mol. The molecule has 28 heavy (non-hydrogen) atoms. The van der Waals surface area contributed by atoms with Crippen LogP contribution in [0.3, 0.4) is 0 Å². The molecule has 0 aliphatic carbocycles. The Morgan fingerprint density at radius 1 is 1.11 bits per heavy atom. The first-order valence-electron chi connectivity index (χ1n) is 10.1. The maximum absolute atomic E-state index is 12.5. The van der Waals surface area contributed by atoms with Crippen molar-refractivity contribution in [3.05, 3.63) is 71.3 Å². The summed E-state index contributed by atoms with van der Waals surface area (Å²) in [6, 6.07) is 17.9. The molecule has 2 aromatic carbocycles. The maximum atomic E-state index is 12.5. The van der Waals surface area contributed by atoms with Crippen LogP contribution in [0.4, 0.5) is 4.79 Å². The SMILES string of the molecule is CCOCc1ccc(CNC(=O)N2CCC(C(O)c3ccccc3)CC2)cc1. The third-order valence-electron chi connectivity index (χ3n) is 5.35. The summed E-state index contributed by atoms with van der Waals surface area (Å²) in [6.45, 7) is 5.17. The Bertz CT molecular complexity index is 725. The van der Waals surface area contributed by atoms with Gasteiger partial charge in [0.1, 0.15) is 0 Å². The number of carbonyl (C=O) groups excluding carboxylic acids is 1. The first kappa shape index (κ1) is 20.4. The molecule has 150 valence electrons. The predicted octanol–water partition coefficient (Wildman–Crippen LogP) is 3.88. The van der Waals surface area contributed by atoms with Gasteiger partial charge in [0.05, 0.1) is 12.7 Å². The van der Waals surface area contributed by atoms with Crippen LogP contribution < -0.4 is 5.32 Å². The van der Waals surface area contributed by atoms with Gasteiger partial charge in [-0.2, -0.15) is 0 Å². The average Bonchev–Trinajstić information content (AvgIpc) is 2.77. The number of aliphatic hydroxyl groups is 1. The third kappa shape index (κ3) is 5.57. The van der Waals surface area contributed by atoms with Gasteiger partial charge in [-0.15, -0.1) is 0 Å². The zero-order chi connectivity index (χ0) is 19.8. The largest absolute Gasteiger partial charge is 0.388 e. The number of urea groups is 1. The second-order valence-electron chi connectivity index (χ2n) is 7.29. The molecule has 1 fully saturated rings. The number of ether oxygens (including phenoxy) is 1. The quantitative estimate of drug-likeness (QED) is 0.764. The number of likely N-dealkylation sites (tertiary alicyclic amines) is 1. The molecule has 0 spiro atoms. The Kier molecular flexibility index (Phi) is 7.46. The summed E-state index contributed by atoms with van der Waals surface area (Å²) in [5.74, 6) is 0.198. The van der Waals surface area contributed by atoms with Crippen LogP contribution >= 0.6 is 0 Å². The van der Waals surface area contributed by atoms with E-state index in [1.54, 1.807) is 0 Å². The summed E-state index contributed by atoms with van der Waals surface area (Å²) in [6.07, 6.45) is 1.17. The van der Waals surface area contributed by atoms with Gasteiger partial charge in [0.25, 0.3) is 0 Å². The number of carbonyl (C=O) groups is 1. The van der Waals surface area contributed by atoms with E-state index < -0.39 is 6.10 Å². The number of piperidine rings is 1. The van der Waals surface area contributed by atoms with E-state index in [0.717, 1.165) is 29.5 Å². The molecule has 3 rings (SSSR count). The average molecular weight is 383 g/mol. The van der Waals surface area contributed by atoms with Crippen molar-refractivity contribution in [3.8, 4) is 0 Å². The van der Waals surface area contributed by atoms with Crippen LogP contribution in [-0.4, -0.2) is 35.7 Å². The van der Waals surface area contributed by atoms with Crippen molar-refractivity contribution in [3.63, 3.8) is 0 Å². The molecule has 1 aliphatic heterocycles. The fraction of sp³-hybridized carbons (Fsp3) is 0.435. The summed E-state index contributed by atoms with van der Waals surface area (Å²) in [5, 5.41) is 13.6. The van der Waals surface area contributed by atoms with Crippen molar-refractivity contribution in [2.75, 3.05) is 19.7 Å². The standard InChI is InChI=1S/C23H30N2O3/c1-2-28-17-19-10-8-18(9-11-19)16-24-23(27)25-14-12-21(13-15-25)22(26)20-6-4-3-5-7-20/h3-11,21-22,26H,2,12-17H2,1H3,(H,24,27). The van der Waals surface area contributed by atoms with Gasteiger partial charge in [-0.3, -0.25) is 0 Å². The molecule has 1 atom stereocenters. The molecule has 5 heteroatoms. The molecule has 1 heterocycles. The molecule has 0 radical (unpaired) electrons. The van der Waals surface area contributed by atoms with E-state index in [1.165, 1.54) is 0 Å². The number of amides is 2. The van der Waals surface area contributed by atoms with E-state index in [2.05, 4.69) is 5.32 Å². The van der Waals surface area contributed by atoms with Crippen LogP contribution in [0.5, 0.6) is 0 Å². The topological polar surface area (TPSA) is 61.8 Å². The van der Waals surface area contributed by atoms with Crippen LogP contribution in [0.1, 0.15) is 42.6 Å². The summed E-state index contributed by atoms with van der Waals surface area (Å²) < 4.78 is 5.40. The second-order valence-corrected chi connectivity index (χ2v) is 7.29. The molecule has 2 amide bonds. The Labute approximate surface area is 167 Å². The first-order valence-corrected chi connectivity index (χ1v) is 10.1. The third-order valence-corrected chi connectivity index (χ3v) is 5.35. The van der Waals surface area contributed by atoms with Crippen LogP contribution in [0.2, 0.25) is 0 Å². The smallest absolute Gasteiger partial charge is 0.317 e. The summed E-state index contributed by atoms with van der Waals surface area (Å²) >= 11 is 0. The summed E-state index contributed by atoms with van der Waals surface area (Å²) in [7, 11) is 0. The number of rotatable bonds is 7. The maximum Gasteiger partial charge on any atom is 0.317 e. The van der Waals surface area contributed by atoms with Gasteiger partial charge in [-0.25, -0.2) is 4.79 Å². The monoisotopic (exact) mass is 382 g/mol. The summed E-state index contributed by atoms with van der Waals surface area (Å²) in [4.78, 5) is 14.3. The molecule has 1 saturated heterocycles. The number of aliphatic hydroxyl groups excluding tert-OH is 1. The molecule has 1 aliphatic rings. The number of nitrogens with zero attached hydrogens (tertiary/aromatic N) is 1. The lowest BCUT2D eigenvalue weighted by molar-refractivity contribution is 0.0665. The minimum atomic E-state index is -0.457. The highest BCUT2D eigenvalue weighted by Crippen LogP contribution is 2.30. The minimum Gasteiger partial charge on any atom is -0.388 e. The number of hydrogen-bond donors (Lipinski definition) is 2. The number of nitrogens with one attached hydrogen (secondary N) is 1. The van der Waals surface area contributed by atoms with Gasteiger partial charge < -0.3 is 20.1 Å². The molecule has 0 aromatic heterocycles. The lowest BCUT2D eigenvalue weighted by Crippen LogP contribution is -2.44. The fourth-order valence-electron chi connectivity index (χ4n) is 3.60. The van der Waals surface area contributed by atoms with Gasteiger partial charge in [-0.05, 0) is 42.4 Å². The fourth-order valence-corrected chi connectivity index (χ4v) is 3.60. The zero-order valence-corrected chi connectivity index (χ0v) is 16.5. The summed E-state index contributed by atoms with van der Waals surface area (Å²) in [5.41, 5.74) is 3.16. The zero-order valence-electron chi connectivity index (χ0n) is 16.5. The Morgan fingerprint density at radius 2 is 1.75 bits per heavy atom. The van der Waals surface area contributed by atoms with E-state index in [0.29, 0.717) is 32.8 Å². The lowest BCUT2D eigenvalue weighted by atomic mass is 9.87. The van der Waals surface area contributed by atoms with Crippen molar-refractivity contribution in [1.29, 1.82) is 0 Å². The molecular formula is C23H30N2O3. The molecule has 0 bridgehead atoms. The van der Waals surface area contributed by atoms with Crippen molar-refractivity contribution in [1.82, 2.24) is 10.2 Å². The van der Waals surface area contributed by atoms with Gasteiger partial charge in [-0.1, -0.05) is 54.6 Å². The van der Waals surface area contributed by atoms with Gasteiger partial charge in [0, 0.05) is 26.2 Å². The number of hydrogen-bond acceptors (Lipinski definition) is 3. The van der Waals surface area contributed by atoms with E-state index in [4.69, 9.17) is 4.74 Å². The van der Waals surface area contributed by atoms with Crippen LogP contribution in [0.25, 0.3) is 0 Å². The van der Waals surface area contributed by atoms with Gasteiger partial charge in [0.15, 0.2) is 0 Å². The Morgan fingerprint density at radius 3 is 2.39 bits per heavy atom. The molecular weight excluding hydrogens is 352 g/mol. The van der Waals surface area contributed by atoms with Gasteiger partial charge in [0.2, 0.25) is 0 Å². The van der Waals surface area contributed by atoms with Crippen LogP contribution in [0, 0.1) is 5.92 Å². The van der Waals surface area contributed by atoms with Crippen molar-refractivity contribution in [2.24, 2.45) is 5.92 Å². The minimum absolute atomic E-state index is 0.0361. The normalized spacial score (nSPS) is 16.0. The second kappa shape index (κ2) is 10.2. The van der Waals surface area contributed by atoms with E-state index in [-0.39, 0.29) is 11.9 Å². The first-order chi connectivity index (χ1) is 13.7. The van der Waals surface area contributed by atoms with Gasteiger partial charge >= 0.3 is 6.03 Å². The molecule has 2 N–H and O–H groups in total. The Balaban J connectivity index is 1.42. The van der Waals surface area contributed by atoms with E-state index in [9.17, 15) is 9.90 Å². The molecule has 1 unspecified atom stereocenters. The van der Waals surface area contributed by atoms with Crippen LogP contribution in [0.15, 0.2) is 54.6 Å². The van der Waals surface area contributed by atoms with E-state index >= 15 is 0 Å². The highest BCUT2D eigenvalue weighted by molar-refractivity contribution is 5.74.